The highest BCUT2D eigenvalue weighted by molar-refractivity contribution is 7.89. The predicted octanol–water partition coefficient (Wildman–Crippen LogP) is 1.64. The van der Waals surface area contributed by atoms with Crippen LogP contribution in [-0.4, -0.2) is 56.9 Å². The molecule has 1 aliphatic carbocycles. The molecule has 0 heterocycles. The summed E-state index contributed by atoms with van der Waals surface area (Å²) in [5, 5.41) is 4.92. The van der Waals surface area contributed by atoms with Gasteiger partial charge in [-0.2, -0.15) is 0 Å². The van der Waals surface area contributed by atoms with Crippen molar-refractivity contribution < 1.29 is 27.5 Å². The summed E-state index contributed by atoms with van der Waals surface area (Å²) in [5.74, 6) is -1.53. The van der Waals surface area contributed by atoms with Crippen LogP contribution in [0, 0.1) is 0 Å². The molecule has 1 atom stereocenters. The van der Waals surface area contributed by atoms with E-state index in [4.69, 9.17) is 4.74 Å². The van der Waals surface area contributed by atoms with E-state index >= 15 is 0 Å². The van der Waals surface area contributed by atoms with Gasteiger partial charge in [0, 0.05) is 20.1 Å². The first-order chi connectivity index (χ1) is 13.6. The van der Waals surface area contributed by atoms with Crippen molar-refractivity contribution in [1.29, 1.82) is 0 Å². The Kier molecular flexibility index (Phi) is 7.74. The highest BCUT2D eigenvalue weighted by atomic mass is 32.2. The number of sulfonamides is 1. The van der Waals surface area contributed by atoms with Gasteiger partial charge in [-0.25, -0.2) is 22.3 Å². The highest BCUT2D eigenvalue weighted by Crippen LogP contribution is 2.17. The van der Waals surface area contributed by atoms with Gasteiger partial charge in [0.1, 0.15) is 0 Å². The summed E-state index contributed by atoms with van der Waals surface area (Å²) in [6.45, 7) is 1.35. The van der Waals surface area contributed by atoms with Gasteiger partial charge in [0.05, 0.1) is 10.5 Å². The molecule has 0 unspecified atom stereocenters. The first kappa shape index (κ1) is 22.8. The minimum absolute atomic E-state index is 0.0317. The molecule has 2 rings (SSSR count). The van der Waals surface area contributed by atoms with E-state index < -0.39 is 34.0 Å². The average Bonchev–Trinajstić information content (AvgIpc) is 2.68. The van der Waals surface area contributed by atoms with Crippen molar-refractivity contribution >= 4 is 27.9 Å². The Morgan fingerprint density at radius 1 is 1.07 bits per heavy atom. The third-order valence-electron chi connectivity index (χ3n) is 4.70. The normalized spacial score (nSPS) is 16.1. The molecule has 1 aliphatic rings. The number of esters is 1. The van der Waals surface area contributed by atoms with Crippen LogP contribution in [0.15, 0.2) is 29.2 Å². The van der Waals surface area contributed by atoms with Crippen LogP contribution >= 0.6 is 0 Å². The number of carbonyl (C=O) groups is 3. The lowest BCUT2D eigenvalue weighted by molar-refractivity contribution is -0.127. The second-order valence-electron chi connectivity index (χ2n) is 7.16. The maximum atomic E-state index is 12.2. The van der Waals surface area contributed by atoms with Crippen molar-refractivity contribution in [2.75, 3.05) is 14.1 Å². The molecule has 160 valence electrons. The zero-order valence-corrected chi connectivity index (χ0v) is 17.6. The van der Waals surface area contributed by atoms with E-state index in [1.165, 1.54) is 45.3 Å². The number of amides is 3. The molecule has 0 saturated heterocycles. The molecular formula is C19H27N3O6S. The zero-order valence-electron chi connectivity index (χ0n) is 16.8. The van der Waals surface area contributed by atoms with Crippen molar-refractivity contribution in [2.45, 2.75) is 56.1 Å². The molecule has 1 aromatic carbocycles. The average molecular weight is 426 g/mol. The van der Waals surface area contributed by atoms with E-state index in [9.17, 15) is 22.8 Å². The molecule has 3 amide bonds. The standard InChI is InChI=1S/C19H27N3O6S/c1-13(17(23)21-19(25)20-15-7-5-4-6-8-15)28-18(24)14-9-11-16(12-10-14)29(26,27)22(2)3/h9-13,15H,4-8H2,1-3H3,(H2,20,21,23,25)/t13-/m1/s1. The number of rotatable bonds is 6. The minimum atomic E-state index is -3.61. The van der Waals surface area contributed by atoms with Crippen molar-refractivity contribution in [3.63, 3.8) is 0 Å². The fraction of sp³-hybridized carbons (Fsp3) is 0.526. The topological polar surface area (TPSA) is 122 Å². The summed E-state index contributed by atoms with van der Waals surface area (Å²) in [7, 11) is -0.799. The number of ether oxygens (including phenoxy) is 1. The largest absolute Gasteiger partial charge is 0.449 e. The van der Waals surface area contributed by atoms with E-state index in [0.717, 1.165) is 36.4 Å². The Hall–Kier alpha value is -2.46. The van der Waals surface area contributed by atoms with E-state index in [2.05, 4.69) is 10.6 Å². The van der Waals surface area contributed by atoms with Gasteiger partial charge in [-0.05, 0) is 44.0 Å². The molecule has 29 heavy (non-hydrogen) atoms. The lowest BCUT2D eigenvalue weighted by Crippen LogP contribution is -2.48. The molecule has 0 aromatic heterocycles. The third-order valence-corrected chi connectivity index (χ3v) is 6.53. The molecule has 0 spiro atoms. The fourth-order valence-corrected chi connectivity index (χ4v) is 3.84. The molecule has 0 aliphatic heterocycles. The van der Waals surface area contributed by atoms with Gasteiger partial charge in [0.2, 0.25) is 10.0 Å². The van der Waals surface area contributed by atoms with Crippen LogP contribution in [0.3, 0.4) is 0 Å². The maximum absolute atomic E-state index is 12.2. The Bertz CT molecular complexity index is 845. The van der Waals surface area contributed by atoms with Crippen LogP contribution in [-0.2, 0) is 19.6 Å². The van der Waals surface area contributed by atoms with E-state index in [-0.39, 0.29) is 16.5 Å². The summed E-state index contributed by atoms with van der Waals surface area (Å²) >= 11 is 0. The van der Waals surface area contributed by atoms with Gasteiger partial charge in [0.25, 0.3) is 5.91 Å². The summed E-state index contributed by atoms with van der Waals surface area (Å²) in [6.07, 6.45) is 3.80. The summed E-state index contributed by atoms with van der Waals surface area (Å²) in [6, 6.07) is 4.62. The third kappa shape index (κ3) is 6.26. The number of nitrogens with one attached hydrogen (secondary N) is 2. The van der Waals surface area contributed by atoms with E-state index in [1.54, 1.807) is 0 Å². The van der Waals surface area contributed by atoms with Gasteiger partial charge in [-0.15, -0.1) is 0 Å². The van der Waals surface area contributed by atoms with Crippen LogP contribution in [0.5, 0.6) is 0 Å². The molecular weight excluding hydrogens is 398 g/mol. The van der Waals surface area contributed by atoms with Gasteiger partial charge in [-0.1, -0.05) is 19.3 Å². The first-order valence-corrected chi connectivity index (χ1v) is 10.9. The highest BCUT2D eigenvalue weighted by Gasteiger charge is 2.23. The van der Waals surface area contributed by atoms with Crippen LogP contribution in [0.4, 0.5) is 4.79 Å². The minimum Gasteiger partial charge on any atom is -0.449 e. The Labute approximate surface area is 170 Å². The van der Waals surface area contributed by atoms with Crippen molar-refractivity contribution in [1.82, 2.24) is 14.9 Å². The second kappa shape index (κ2) is 9.84. The zero-order chi connectivity index (χ0) is 21.6. The molecule has 1 fully saturated rings. The number of hydrogen-bond acceptors (Lipinski definition) is 6. The Morgan fingerprint density at radius 2 is 1.66 bits per heavy atom. The van der Waals surface area contributed by atoms with Gasteiger partial charge >= 0.3 is 12.0 Å². The number of imide groups is 1. The van der Waals surface area contributed by atoms with Crippen LogP contribution < -0.4 is 10.6 Å². The smallest absolute Gasteiger partial charge is 0.338 e. The van der Waals surface area contributed by atoms with Gasteiger partial charge in [-0.3, -0.25) is 10.1 Å². The predicted molar refractivity (Wildman–Crippen MR) is 106 cm³/mol. The summed E-state index contributed by atoms with van der Waals surface area (Å²) < 4.78 is 30.2. The fourth-order valence-electron chi connectivity index (χ4n) is 2.94. The molecule has 2 N–H and O–H groups in total. The van der Waals surface area contributed by atoms with Gasteiger partial charge < -0.3 is 10.1 Å². The van der Waals surface area contributed by atoms with Crippen LogP contribution in [0.1, 0.15) is 49.4 Å². The summed E-state index contributed by atoms with van der Waals surface area (Å²) in [4.78, 5) is 36.2. The summed E-state index contributed by atoms with van der Waals surface area (Å²) in [5.41, 5.74) is 0.0917. The van der Waals surface area contributed by atoms with E-state index in [1.807, 2.05) is 0 Å². The van der Waals surface area contributed by atoms with Crippen LogP contribution in [0.2, 0.25) is 0 Å². The molecule has 0 radical (unpaired) electrons. The lowest BCUT2D eigenvalue weighted by Gasteiger charge is -2.23. The van der Waals surface area contributed by atoms with Crippen LogP contribution in [0.25, 0.3) is 0 Å². The Morgan fingerprint density at radius 3 is 2.21 bits per heavy atom. The molecule has 9 nitrogen and oxygen atoms in total. The van der Waals surface area contributed by atoms with E-state index in [0.29, 0.717) is 0 Å². The quantitative estimate of drug-likeness (QED) is 0.668. The SMILES string of the molecule is C[C@@H](OC(=O)c1ccc(S(=O)(=O)N(C)C)cc1)C(=O)NC(=O)NC1CCCCC1. The van der Waals surface area contributed by atoms with Gasteiger partial charge in [0.15, 0.2) is 6.10 Å². The molecule has 1 saturated carbocycles. The second-order valence-corrected chi connectivity index (χ2v) is 9.31. The number of urea groups is 1. The molecule has 10 heteroatoms. The van der Waals surface area contributed by atoms with Crippen molar-refractivity contribution in [3.8, 4) is 0 Å². The number of benzene rings is 1. The molecule has 1 aromatic rings. The lowest BCUT2D eigenvalue weighted by atomic mass is 9.96. The number of carbonyl (C=O) groups excluding carboxylic acids is 3. The monoisotopic (exact) mass is 425 g/mol. The Balaban J connectivity index is 1.88. The maximum Gasteiger partial charge on any atom is 0.338 e. The van der Waals surface area contributed by atoms with Crippen molar-refractivity contribution in [2.24, 2.45) is 0 Å². The molecule has 0 bridgehead atoms. The van der Waals surface area contributed by atoms with Crippen molar-refractivity contribution in [3.05, 3.63) is 29.8 Å². The first-order valence-electron chi connectivity index (χ1n) is 9.46. The number of nitrogens with zero attached hydrogens (tertiary/aromatic N) is 1. The number of hydrogen-bond donors (Lipinski definition) is 2.